The summed E-state index contributed by atoms with van der Waals surface area (Å²) in [7, 11) is 4.24. The summed E-state index contributed by atoms with van der Waals surface area (Å²) in [6.07, 6.45) is 3.71. The van der Waals surface area contributed by atoms with Crippen molar-refractivity contribution in [3.05, 3.63) is 109 Å². The van der Waals surface area contributed by atoms with Gasteiger partial charge in [0.05, 0.1) is 22.8 Å². The molecule has 4 aromatic carbocycles. The summed E-state index contributed by atoms with van der Waals surface area (Å²) in [5, 5.41) is 10.2. The predicted octanol–water partition coefficient (Wildman–Crippen LogP) is 8.25. The molecule has 0 bridgehead atoms. The lowest BCUT2D eigenvalue weighted by molar-refractivity contribution is 0.971. The molecule has 4 heteroatoms. The number of nitrogens with zero attached hydrogens (tertiary/aromatic N) is 4. The lowest BCUT2D eigenvalue weighted by atomic mass is 9.94. The van der Waals surface area contributed by atoms with E-state index in [4.69, 9.17) is 0 Å². The average molecular weight is 489 g/mol. The Hall–Kier alpha value is -4.96. The van der Waals surface area contributed by atoms with Crippen molar-refractivity contribution in [3.63, 3.8) is 0 Å². The van der Waals surface area contributed by atoms with Gasteiger partial charge in [0.25, 0.3) is 0 Å². The maximum atomic E-state index is 4.59. The highest BCUT2D eigenvalue weighted by Gasteiger charge is 2.15. The summed E-state index contributed by atoms with van der Waals surface area (Å²) >= 11 is 0. The van der Waals surface area contributed by atoms with Gasteiger partial charge in [0.15, 0.2) is 0 Å². The molecule has 0 aliphatic heterocycles. The van der Waals surface area contributed by atoms with Gasteiger partial charge in [-0.2, -0.15) is 0 Å². The minimum Gasteiger partial charge on any atom is -0.342 e. The van der Waals surface area contributed by atoms with Gasteiger partial charge in [-0.25, -0.2) is 0 Å². The molecule has 0 saturated carbocycles. The zero-order chi connectivity index (χ0) is 25.4. The zero-order valence-corrected chi connectivity index (χ0v) is 21.2. The molecule has 0 N–H and O–H groups in total. The van der Waals surface area contributed by atoms with Crippen LogP contribution < -0.4 is 0 Å². The number of hydrogen-bond acceptors (Lipinski definition) is 2. The number of fused-ring (bicyclic) bond motifs is 9. The van der Waals surface area contributed by atoms with Crippen LogP contribution in [0.3, 0.4) is 0 Å². The lowest BCUT2D eigenvalue weighted by Crippen LogP contribution is -1.92. The number of aryl methyl sites for hydroxylation is 2. The van der Waals surface area contributed by atoms with E-state index in [1.165, 1.54) is 54.1 Å². The van der Waals surface area contributed by atoms with Crippen molar-refractivity contribution in [3.8, 4) is 22.8 Å². The first-order chi connectivity index (χ1) is 18.7. The molecule has 0 aliphatic rings. The molecule has 4 heterocycles. The summed E-state index contributed by atoms with van der Waals surface area (Å²) in [5.41, 5.74) is 6.66. The van der Waals surface area contributed by atoms with E-state index >= 15 is 0 Å². The number of hydrogen-bond donors (Lipinski definition) is 0. The first-order valence-electron chi connectivity index (χ1n) is 12.9. The third kappa shape index (κ3) is 2.86. The van der Waals surface area contributed by atoms with Crippen molar-refractivity contribution < 1.29 is 0 Å². The maximum absolute atomic E-state index is 4.59. The molecular weight excluding hydrogens is 464 g/mol. The van der Waals surface area contributed by atoms with E-state index in [0.29, 0.717) is 0 Å². The molecule has 0 fully saturated rings. The molecule has 0 spiro atoms. The Morgan fingerprint density at radius 1 is 0.421 bits per heavy atom. The highest BCUT2D eigenvalue weighted by atomic mass is 15.0. The Bertz CT molecular complexity index is 2030. The summed E-state index contributed by atoms with van der Waals surface area (Å²) in [5.74, 6) is 0. The van der Waals surface area contributed by atoms with Gasteiger partial charge in [-0.3, -0.25) is 9.97 Å². The minimum absolute atomic E-state index is 0.989. The van der Waals surface area contributed by atoms with Gasteiger partial charge in [0, 0.05) is 48.3 Å². The van der Waals surface area contributed by atoms with Gasteiger partial charge in [-0.1, -0.05) is 48.5 Å². The topological polar surface area (TPSA) is 35.6 Å². The van der Waals surface area contributed by atoms with E-state index in [-0.39, 0.29) is 0 Å². The Labute approximate surface area is 219 Å². The van der Waals surface area contributed by atoms with Crippen LogP contribution in [-0.2, 0) is 14.1 Å². The Morgan fingerprint density at radius 3 is 1.16 bits per heavy atom. The molecule has 0 aliphatic carbocycles. The van der Waals surface area contributed by atoms with Crippen LogP contribution in [0.1, 0.15) is 0 Å². The second-order valence-electron chi connectivity index (χ2n) is 10.0. The predicted molar refractivity (Wildman–Crippen MR) is 158 cm³/mol. The quantitative estimate of drug-likeness (QED) is 0.230. The highest BCUT2D eigenvalue weighted by molar-refractivity contribution is 6.25. The van der Waals surface area contributed by atoms with Gasteiger partial charge in [0.2, 0.25) is 0 Å². The zero-order valence-electron chi connectivity index (χ0n) is 21.2. The van der Waals surface area contributed by atoms with Crippen molar-refractivity contribution in [1.82, 2.24) is 19.1 Å². The van der Waals surface area contributed by atoms with Gasteiger partial charge >= 0.3 is 0 Å². The van der Waals surface area contributed by atoms with Crippen LogP contribution >= 0.6 is 0 Å². The molecule has 0 saturated heterocycles. The molecule has 4 nitrogen and oxygen atoms in total. The van der Waals surface area contributed by atoms with Gasteiger partial charge in [-0.05, 0) is 80.8 Å². The van der Waals surface area contributed by atoms with E-state index < -0.39 is 0 Å². The molecule has 8 rings (SSSR count). The first kappa shape index (κ1) is 21.2. The molecular formula is C34H24N4. The second kappa shape index (κ2) is 7.77. The minimum atomic E-state index is 0.989. The molecule has 0 unspecified atom stereocenters. The smallest absolute Gasteiger partial charge is 0.0866 e. The fraction of sp³-hybridized carbons (Fsp3) is 0.0588. The fourth-order valence-corrected chi connectivity index (χ4v) is 6.20. The molecule has 0 radical (unpaired) electrons. The molecule has 180 valence electrons. The van der Waals surface area contributed by atoms with Crippen molar-refractivity contribution in [2.24, 2.45) is 14.1 Å². The van der Waals surface area contributed by atoms with E-state index in [1.54, 1.807) is 0 Å². The van der Waals surface area contributed by atoms with Crippen molar-refractivity contribution in [2.45, 2.75) is 0 Å². The standard InChI is InChI=1S/C34H24N4/c1-37-31-15-13-23-21-10-12-26-24(14-16-32-28(26)20-34(38(32)2)30-8-4-6-18-36-30)22(21)9-11-25(23)27(31)19-33(37)29-7-3-5-17-35-29/h3-20H,1-2H3. The van der Waals surface area contributed by atoms with Crippen LogP contribution in [0.5, 0.6) is 0 Å². The van der Waals surface area contributed by atoms with Crippen molar-refractivity contribution in [2.75, 3.05) is 0 Å². The SMILES string of the molecule is Cn1c(-c2ccccn2)cc2c3ccc4c(ccc5c4ccc4c5cc(-c5ccccn5)n4C)c3ccc21. The molecule has 0 atom stereocenters. The largest absolute Gasteiger partial charge is 0.342 e. The number of rotatable bonds is 2. The van der Waals surface area contributed by atoms with Crippen LogP contribution in [0.25, 0.3) is 76.9 Å². The summed E-state index contributed by atoms with van der Waals surface area (Å²) in [6, 6.07) is 34.9. The van der Waals surface area contributed by atoms with Crippen molar-refractivity contribution in [1.29, 1.82) is 0 Å². The van der Waals surface area contributed by atoms with E-state index in [1.807, 2.05) is 36.7 Å². The van der Waals surface area contributed by atoms with Crippen molar-refractivity contribution >= 4 is 54.1 Å². The highest BCUT2D eigenvalue weighted by Crippen LogP contribution is 2.39. The summed E-state index contributed by atoms with van der Waals surface area (Å²) in [6.45, 7) is 0. The van der Waals surface area contributed by atoms with Gasteiger partial charge in [-0.15, -0.1) is 0 Å². The summed E-state index contributed by atoms with van der Waals surface area (Å²) < 4.78 is 4.49. The first-order valence-corrected chi connectivity index (χ1v) is 12.9. The number of benzene rings is 4. The molecule has 0 amide bonds. The Kier molecular flexibility index (Phi) is 4.32. The van der Waals surface area contributed by atoms with E-state index in [0.717, 1.165) is 22.8 Å². The Balaban J connectivity index is 1.38. The lowest BCUT2D eigenvalue weighted by Gasteiger charge is -2.10. The average Bonchev–Trinajstić information content (AvgIpc) is 3.50. The van der Waals surface area contributed by atoms with Crippen LogP contribution in [0.15, 0.2) is 109 Å². The van der Waals surface area contributed by atoms with Crippen LogP contribution in [-0.4, -0.2) is 19.1 Å². The molecule has 38 heavy (non-hydrogen) atoms. The number of aromatic nitrogens is 4. The molecule has 8 aromatic rings. The van der Waals surface area contributed by atoms with E-state index in [2.05, 4.69) is 106 Å². The van der Waals surface area contributed by atoms with E-state index in [9.17, 15) is 0 Å². The molecule has 4 aromatic heterocycles. The fourth-order valence-electron chi connectivity index (χ4n) is 6.20. The second-order valence-corrected chi connectivity index (χ2v) is 10.0. The third-order valence-electron chi connectivity index (χ3n) is 8.09. The van der Waals surface area contributed by atoms with Crippen LogP contribution in [0, 0.1) is 0 Å². The van der Waals surface area contributed by atoms with Crippen LogP contribution in [0.4, 0.5) is 0 Å². The third-order valence-corrected chi connectivity index (χ3v) is 8.09. The van der Waals surface area contributed by atoms with Gasteiger partial charge in [0.1, 0.15) is 0 Å². The number of pyridine rings is 2. The normalized spacial score (nSPS) is 11.9. The van der Waals surface area contributed by atoms with Gasteiger partial charge < -0.3 is 9.13 Å². The van der Waals surface area contributed by atoms with Crippen LogP contribution in [0.2, 0.25) is 0 Å². The maximum Gasteiger partial charge on any atom is 0.0866 e. The summed E-state index contributed by atoms with van der Waals surface area (Å²) in [4.78, 5) is 9.19. The monoisotopic (exact) mass is 488 g/mol. The Morgan fingerprint density at radius 2 is 0.789 bits per heavy atom.